The summed E-state index contributed by atoms with van der Waals surface area (Å²) in [5.74, 6) is -0.157. The Kier molecular flexibility index (Phi) is 3.66. The molecule has 0 saturated carbocycles. The zero-order valence-electron chi connectivity index (χ0n) is 10.9. The van der Waals surface area contributed by atoms with E-state index in [1.54, 1.807) is 31.1 Å². The van der Waals surface area contributed by atoms with E-state index in [1.165, 1.54) is 12.1 Å². The number of carbonyl (C=O) groups is 1. The van der Waals surface area contributed by atoms with Crippen molar-refractivity contribution in [2.45, 2.75) is 18.3 Å². The molecule has 0 aromatic heterocycles. The fourth-order valence-electron chi connectivity index (χ4n) is 2.68. The van der Waals surface area contributed by atoms with Gasteiger partial charge in [0.15, 0.2) is 0 Å². The molecule has 1 saturated heterocycles. The van der Waals surface area contributed by atoms with Crippen molar-refractivity contribution in [2.75, 3.05) is 27.2 Å². The third kappa shape index (κ3) is 2.25. The van der Waals surface area contributed by atoms with Gasteiger partial charge in [-0.1, -0.05) is 12.1 Å². The summed E-state index contributed by atoms with van der Waals surface area (Å²) in [5, 5.41) is 3.27. The summed E-state index contributed by atoms with van der Waals surface area (Å²) in [5.41, 5.74) is 0.423. The fourth-order valence-corrected chi connectivity index (χ4v) is 2.68. The van der Waals surface area contributed by atoms with Crippen LogP contribution in [0.2, 0.25) is 0 Å². The number of hydrogen-bond donors (Lipinski definition) is 1. The maximum Gasteiger partial charge on any atom is 0.232 e. The highest BCUT2D eigenvalue weighted by atomic mass is 19.1. The SMILES string of the molecule is CN(C)C(=O)C1(c2ccc(F)cc2)CCNCC1. The van der Waals surface area contributed by atoms with Crippen LogP contribution in [0.5, 0.6) is 0 Å². The van der Waals surface area contributed by atoms with Gasteiger partial charge in [-0.2, -0.15) is 0 Å². The lowest BCUT2D eigenvalue weighted by Crippen LogP contribution is -2.50. The van der Waals surface area contributed by atoms with Crippen LogP contribution in [0.3, 0.4) is 0 Å². The van der Waals surface area contributed by atoms with Crippen molar-refractivity contribution in [3.05, 3.63) is 35.6 Å². The van der Waals surface area contributed by atoms with E-state index in [0.717, 1.165) is 31.5 Å². The zero-order valence-corrected chi connectivity index (χ0v) is 10.9. The van der Waals surface area contributed by atoms with Crippen LogP contribution in [-0.4, -0.2) is 38.0 Å². The Hall–Kier alpha value is -1.42. The van der Waals surface area contributed by atoms with Crippen molar-refractivity contribution in [3.8, 4) is 0 Å². The minimum atomic E-state index is -0.498. The molecule has 1 aromatic carbocycles. The van der Waals surface area contributed by atoms with E-state index in [9.17, 15) is 9.18 Å². The first-order valence-corrected chi connectivity index (χ1v) is 6.25. The highest BCUT2D eigenvalue weighted by molar-refractivity contribution is 5.88. The van der Waals surface area contributed by atoms with E-state index in [2.05, 4.69) is 5.32 Å². The summed E-state index contributed by atoms with van der Waals surface area (Å²) in [4.78, 5) is 14.1. The molecule has 1 heterocycles. The summed E-state index contributed by atoms with van der Waals surface area (Å²) in [7, 11) is 3.55. The number of piperidine rings is 1. The Labute approximate surface area is 107 Å². The summed E-state index contributed by atoms with van der Waals surface area (Å²) < 4.78 is 13.0. The standard InChI is InChI=1S/C14H19FN2O/c1-17(2)13(18)14(7-9-16-10-8-14)11-3-5-12(15)6-4-11/h3-6,16H,7-10H2,1-2H3. The number of amides is 1. The molecule has 18 heavy (non-hydrogen) atoms. The van der Waals surface area contributed by atoms with Crippen LogP contribution in [0.25, 0.3) is 0 Å². The second-order valence-corrected chi connectivity index (χ2v) is 5.04. The lowest BCUT2D eigenvalue weighted by molar-refractivity contribution is -0.136. The van der Waals surface area contributed by atoms with E-state index in [-0.39, 0.29) is 11.7 Å². The van der Waals surface area contributed by atoms with Crippen LogP contribution in [0.4, 0.5) is 4.39 Å². The van der Waals surface area contributed by atoms with Gasteiger partial charge in [0.1, 0.15) is 5.82 Å². The minimum absolute atomic E-state index is 0.107. The van der Waals surface area contributed by atoms with Gasteiger partial charge in [0.2, 0.25) is 5.91 Å². The predicted molar refractivity (Wildman–Crippen MR) is 68.9 cm³/mol. The quantitative estimate of drug-likeness (QED) is 0.863. The molecule has 1 aliphatic heterocycles. The third-order valence-corrected chi connectivity index (χ3v) is 3.67. The van der Waals surface area contributed by atoms with E-state index < -0.39 is 5.41 Å². The molecule has 98 valence electrons. The number of nitrogens with zero attached hydrogens (tertiary/aromatic N) is 1. The second-order valence-electron chi connectivity index (χ2n) is 5.04. The Morgan fingerprint density at radius 3 is 2.28 bits per heavy atom. The van der Waals surface area contributed by atoms with Crippen molar-refractivity contribution in [2.24, 2.45) is 0 Å². The van der Waals surface area contributed by atoms with Gasteiger partial charge in [0.25, 0.3) is 0 Å². The van der Waals surface area contributed by atoms with Gasteiger partial charge in [-0.15, -0.1) is 0 Å². The fraction of sp³-hybridized carbons (Fsp3) is 0.500. The first-order valence-electron chi connectivity index (χ1n) is 6.25. The Morgan fingerprint density at radius 1 is 1.22 bits per heavy atom. The van der Waals surface area contributed by atoms with Gasteiger partial charge >= 0.3 is 0 Å². The highest BCUT2D eigenvalue weighted by Crippen LogP contribution is 2.35. The smallest absolute Gasteiger partial charge is 0.232 e. The first kappa shape index (κ1) is 13.0. The summed E-state index contributed by atoms with van der Waals surface area (Å²) in [6, 6.07) is 6.34. The molecule has 4 heteroatoms. The van der Waals surface area contributed by atoms with Crippen molar-refractivity contribution < 1.29 is 9.18 Å². The highest BCUT2D eigenvalue weighted by Gasteiger charge is 2.41. The monoisotopic (exact) mass is 250 g/mol. The van der Waals surface area contributed by atoms with Gasteiger partial charge in [0.05, 0.1) is 5.41 Å². The molecule has 0 bridgehead atoms. The predicted octanol–water partition coefficient (Wildman–Crippen LogP) is 1.54. The number of nitrogens with one attached hydrogen (secondary N) is 1. The molecule has 1 amide bonds. The summed E-state index contributed by atoms with van der Waals surface area (Å²) >= 11 is 0. The molecular weight excluding hydrogens is 231 g/mol. The van der Waals surface area contributed by atoms with Gasteiger partial charge in [-0.3, -0.25) is 4.79 Å². The van der Waals surface area contributed by atoms with Crippen LogP contribution < -0.4 is 5.32 Å². The third-order valence-electron chi connectivity index (χ3n) is 3.67. The second kappa shape index (κ2) is 5.06. The number of benzene rings is 1. The Bertz CT molecular complexity index is 422. The number of halogens is 1. The van der Waals surface area contributed by atoms with Gasteiger partial charge in [-0.25, -0.2) is 4.39 Å². The zero-order chi connectivity index (χ0) is 13.2. The molecule has 0 spiro atoms. The molecule has 0 radical (unpaired) electrons. The summed E-state index contributed by atoms with van der Waals surface area (Å²) in [6.07, 6.45) is 1.52. The lowest BCUT2D eigenvalue weighted by atomic mass is 9.72. The van der Waals surface area contributed by atoms with E-state index in [0.29, 0.717) is 0 Å². The van der Waals surface area contributed by atoms with Gasteiger partial charge in [0, 0.05) is 14.1 Å². The normalized spacial score (nSPS) is 18.4. The maximum atomic E-state index is 13.0. The average Bonchev–Trinajstić information content (AvgIpc) is 2.39. The first-order chi connectivity index (χ1) is 8.56. The van der Waals surface area contributed by atoms with Crippen LogP contribution in [-0.2, 0) is 10.2 Å². The van der Waals surface area contributed by atoms with Crippen molar-refractivity contribution in [3.63, 3.8) is 0 Å². The number of likely N-dealkylation sites (N-methyl/N-ethyl adjacent to an activating group) is 1. The topological polar surface area (TPSA) is 32.3 Å². The van der Waals surface area contributed by atoms with Crippen molar-refractivity contribution in [1.82, 2.24) is 10.2 Å². The average molecular weight is 250 g/mol. The minimum Gasteiger partial charge on any atom is -0.348 e. The largest absolute Gasteiger partial charge is 0.348 e. The lowest BCUT2D eigenvalue weighted by Gasteiger charge is -2.38. The summed E-state index contributed by atoms with van der Waals surface area (Å²) in [6.45, 7) is 1.63. The molecule has 1 N–H and O–H groups in total. The molecular formula is C14H19FN2O. The van der Waals surface area contributed by atoms with Gasteiger partial charge < -0.3 is 10.2 Å². The van der Waals surface area contributed by atoms with E-state index in [4.69, 9.17) is 0 Å². The molecule has 1 aliphatic rings. The number of hydrogen-bond acceptors (Lipinski definition) is 2. The van der Waals surface area contributed by atoms with Crippen LogP contribution >= 0.6 is 0 Å². The van der Waals surface area contributed by atoms with Crippen LogP contribution in [0.1, 0.15) is 18.4 Å². The molecule has 1 fully saturated rings. The Morgan fingerprint density at radius 2 is 1.78 bits per heavy atom. The molecule has 3 nitrogen and oxygen atoms in total. The molecule has 0 atom stereocenters. The number of rotatable bonds is 2. The molecule has 0 aliphatic carbocycles. The van der Waals surface area contributed by atoms with E-state index in [1.807, 2.05) is 0 Å². The van der Waals surface area contributed by atoms with Crippen molar-refractivity contribution in [1.29, 1.82) is 0 Å². The van der Waals surface area contributed by atoms with Gasteiger partial charge in [-0.05, 0) is 43.6 Å². The Balaban J connectivity index is 2.41. The van der Waals surface area contributed by atoms with Crippen LogP contribution in [0.15, 0.2) is 24.3 Å². The van der Waals surface area contributed by atoms with E-state index >= 15 is 0 Å². The molecule has 1 aromatic rings. The maximum absolute atomic E-state index is 13.0. The molecule has 2 rings (SSSR count). The van der Waals surface area contributed by atoms with Crippen molar-refractivity contribution >= 4 is 5.91 Å². The van der Waals surface area contributed by atoms with Crippen LogP contribution in [0, 0.1) is 5.82 Å². The number of carbonyl (C=O) groups excluding carboxylic acids is 1. The molecule has 0 unspecified atom stereocenters.